The van der Waals surface area contributed by atoms with Crippen LogP contribution in [0.25, 0.3) is 0 Å². The maximum absolute atomic E-state index is 13.6. The standard InChI is InChI=1S/C15H14ClF2N/c1-10(11-5-7-12(17)8-6-11)19-9-13-14(16)3-2-4-15(13)18/h2-8,10,19H,9H2,1H3. The van der Waals surface area contributed by atoms with Crippen LogP contribution in [0.2, 0.25) is 5.02 Å². The molecular weight excluding hydrogens is 268 g/mol. The predicted molar refractivity (Wildman–Crippen MR) is 73.1 cm³/mol. The number of hydrogen-bond acceptors (Lipinski definition) is 1. The lowest BCUT2D eigenvalue weighted by molar-refractivity contribution is 0.543. The van der Waals surface area contributed by atoms with Gasteiger partial charge in [0.25, 0.3) is 0 Å². The summed E-state index contributed by atoms with van der Waals surface area (Å²) in [6.45, 7) is 2.26. The van der Waals surface area contributed by atoms with Crippen molar-refractivity contribution in [3.8, 4) is 0 Å². The zero-order valence-corrected chi connectivity index (χ0v) is 11.2. The third kappa shape index (κ3) is 3.52. The van der Waals surface area contributed by atoms with Gasteiger partial charge in [0.05, 0.1) is 0 Å². The first kappa shape index (κ1) is 14.0. The average Bonchev–Trinajstić information content (AvgIpc) is 2.38. The number of nitrogens with one attached hydrogen (secondary N) is 1. The van der Waals surface area contributed by atoms with E-state index in [4.69, 9.17) is 11.6 Å². The van der Waals surface area contributed by atoms with Gasteiger partial charge in [0.1, 0.15) is 11.6 Å². The molecule has 4 heteroatoms. The maximum Gasteiger partial charge on any atom is 0.129 e. The highest BCUT2D eigenvalue weighted by Gasteiger charge is 2.09. The van der Waals surface area contributed by atoms with Crippen molar-refractivity contribution in [3.63, 3.8) is 0 Å². The van der Waals surface area contributed by atoms with E-state index >= 15 is 0 Å². The Morgan fingerprint density at radius 3 is 2.42 bits per heavy atom. The summed E-state index contributed by atoms with van der Waals surface area (Å²) in [6.07, 6.45) is 0. The van der Waals surface area contributed by atoms with Crippen molar-refractivity contribution in [2.24, 2.45) is 0 Å². The molecule has 1 nitrogen and oxygen atoms in total. The Hall–Kier alpha value is -1.45. The van der Waals surface area contributed by atoms with Crippen molar-refractivity contribution in [2.75, 3.05) is 0 Å². The first-order valence-corrected chi connectivity index (χ1v) is 6.37. The number of hydrogen-bond donors (Lipinski definition) is 1. The van der Waals surface area contributed by atoms with Crippen molar-refractivity contribution in [2.45, 2.75) is 19.5 Å². The van der Waals surface area contributed by atoms with Gasteiger partial charge < -0.3 is 5.32 Å². The molecule has 0 spiro atoms. The molecule has 0 aliphatic carbocycles. The molecular formula is C15H14ClF2N. The van der Waals surface area contributed by atoms with Gasteiger partial charge in [0, 0.05) is 23.2 Å². The molecule has 0 fully saturated rings. The summed E-state index contributed by atoms with van der Waals surface area (Å²) in [6, 6.07) is 10.8. The molecule has 0 amide bonds. The molecule has 0 radical (unpaired) electrons. The topological polar surface area (TPSA) is 12.0 Å². The van der Waals surface area contributed by atoms with Gasteiger partial charge in [-0.1, -0.05) is 29.8 Å². The van der Waals surface area contributed by atoms with Gasteiger partial charge in [0.2, 0.25) is 0 Å². The Balaban J connectivity index is 2.04. The molecule has 0 bridgehead atoms. The van der Waals surface area contributed by atoms with Gasteiger partial charge in [0.15, 0.2) is 0 Å². The van der Waals surface area contributed by atoms with Crippen molar-refractivity contribution < 1.29 is 8.78 Å². The number of halogens is 3. The average molecular weight is 282 g/mol. The fraction of sp³-hybridized carbons (Fsp3) is 0.200. The lowest BCUT2D eigenvalue weighted by atomic mass is 10.1. The lowest BCUT2D eigenvalue weighted by Crippen LogP contribution is -2.19. The van der Waals surface area contributed by atoms with Crippen LogP contribution in [0.5, 0.6) is 0 Å². The minimum atomic E-state index is -0.327. The Morgan fingerprint density at radius 2 is 1.79 bits per heavy atom. The molecule has 2 aromatic rings. The van der Waals surface area contributed by atoms with Crippen molar-refractivity contribution >= 4 is 11.6 Å². The third-order valence-corrected chi connectivity index (χ3v) is 3.37. The second kappa shape index (κ2) is 6.13. The van der Waals surface area contributed by atoms with Crippen molar-refractivity contribution in [3.05, 3.63) is 70.2 Å². The van der Waals surface area contributed by atoms with Crippen LogP contribution >= 0.6 is 11.6 Å². The molecule has 1 N–H and O–H groups in total. The van der Waals surface area contributed by atoms with Gasteiger partial charge in [-0.25, -0.2) is 8.78 Å². The first-order chi connectivity index (χ1) is 9.08. The summed E-state index contributed by atoms with van der Waals surface area (Å²) in [5.41, 5.74) is 1.38. The summed E-state index contributed by atoms with van der Waals surface area (Å²) in [5.74, 6) is -0.598. The number of benzene rings is 2. The predicted octanol–water partition coefficient (Wildman–Crippen LogP) is 4.47. The second-order valence-electron chi connectivity index (χ2n) is 4.35. The molecule has 0 aromatic heterocycles. The summed E-state index contributed by atoms with van der Waals surface area (Å²) in [5, 5.41) is 3.57. The molecule has 0 heterocycles. The van der Waals surface area contributed by atoms with Gasteiger partial charge in [-0.15, -0.1) is 0 Å². The van der Waals surface area contributed by atoms with Crippen LogP contribution in [0, 0.1) is 11.6 Å². The molecule has 0 aliphatic heterocycles. The monoisotopic (exact) mass is 281 g/mol. The van der Waals surface area contributed by atoms with Crippen molar-refractivity contribution in [1.82, 2.24) is 5.32 Å². The van der Waals surface area contributed by atoms with E-state index in [0.29, 0.717) is 17.1 Å². The van der Waals surface area contributed by atoms with Crippen LogP contribution in [0.15, 0.2) is 42.5 Å². The lowest BCUT2D eigenvalue weighted by Gasteiger charge is -2.15. The molecule has 2 rings (SSSR count). The van der Waals surface area contributed by atoms with Gasteiger partial charge in [-0.2, -0.15) is 0 Å². The molecule has 1 atom stereocenters. The highest BCUT2D eigenvalue weighted by atomic mass is 35.5. The first-order valence-electron chi connectivity index (χ1n) is 5.99. The van der Waals surface area contributed by atoms with E-state index in [-0.39, 0.29) is 17.7 Å². The summed E-state index contributed by atoms with van der Waals surface area (Å²) >= 11 is 5.95. The van der Waals surface area contributed by atoms with Gasteiger partial charge >= 0.3 is 0 Å². The smallest absolute Gasteiger partial charge is 0.129 e. The van der Waals surface area contributed by atoms with E-state index in [2.05, 4.69) is 5.32 Å². The Labute approximate surface area is 116 Å². The minimum absolute atomic E-state index is 0.0173. The highest BCUT2D eigenvalue weighted by Crippen LogP contribution is 2.20. The minimum Gasteiger partial charge on any atom is -0.306 e. The molecule has 2 aromatic carbocycles. The van der Waals surface area contributed by atoms with E-state index in [1.807, 2.05) is 6.92 Å². The zero-order chi connectivity index (χ0) is 13.8. The summed E-state index contributed by atoms with van der Waals surface area (Å²) in [4.78, 5) is 0. The Morgan fingerprint density at radius 1 is 1.11 bits per heavy atom. The normalized spacial score (nSPS) is 12.4. The Bertz CT molecular complexity index is 534. The number of rotatable bonds is 4. The largest absolute Gasteiger partial charge is 0.306 e. The zero-order valence-electron chi connectivity index (χ0n) is 10.5. The van der Waals surface area contributed by atoms with E-state index in [9.17, 15) is 8.78 Å². The SMILES string of the molecule is CC(NCc1c(F)cccc1Cl)c1ccc(F)cc1. The molecule has 0 saturated heterocycles. The second-order valence-corrected chi connectivity index (χ2v) is 4.76. The molecule has 0 aliphatic rings. The van der Waals surface area contributed by atoms with E-state index < -0.39 is 0 Å². The summed E-state index contributed by atoms with van der Waals surface area (Å²) in [7, 11) is 0. The molecule has 1 unspecified atom stereocenters. The van der Waals surface area contributed by atoms with E-state index in [0.717, 1.165) is 5.56 Å². The molecule has 19 heavy (non-hydrogen) atoms. The van der Waals surface area contributed by atoms with E-state index in [1.165, 1.54) is 18.2 Å². The fourth-order valence-electron chi connectivity index (χ4n) is 1.83. The van der Waals surface area contributed by atoms with Crippen LogP contribution in [0.3, 0.4) is 0 Å². The molecule has 0 saturated carbocycles. The molecule has 100 valence electrons. The highest BCUT2D eigenvalue weighted by molar-refractivity contribution is 6.31. The maximum atomic E-state index is 13.6. The van der Waals surface area contributed by atoms with Crippen LogP contribution in [-0.2, 0) is 6.54 Å². The van der Waals surface area contributed by atoms with Crippen LogP contribution in [0.1, 0.15) is 24.1 Å². The van der Waals surface area contributed by atoms with Crippen molar-refractivity contribution in [1.29, 1.82) is 0 Å². The Kier molecular flexibility index (Phi) is 4.51. The van der Waals surface area contributed by atoms with E-state index in [1.54, 1.807) is 24.3 Å². The third-order valence-electron chi connectivity index (χ3n) is 3.02. The van der Waals surface area contributed by atoms with Gasteiger partial charge in [-0.3, -0.25) is 0 Å². The van der Waals surface area contributed by atoms with Gasteiger partial charge in [-0.05, 0) is 36.8 Å². The summed E-state index contributed by atoms with van der Waals surface area (Å²) < 4.78 is 26.4. The van der Waals surface area contributed by atoms with Crippen LogP contribution < -0.4 is 5.32 Å². The van der Waals surface area contributed by atoms with Crippen LogP contribution in [-0.4, -0.2) is 0 Å². The quantitative estimate of drug-likeness (QED) is 0.872. The van der Waals surface area contributed by atoms with Crippen LogP contribution in [0.4, 0.5) is 8.78 Å². The fourth-order valence-corrected chi connectivity index (χ4v) is 2.06.